The second-order valence-corrected chi connectivity index (χ2v) is 6.61. The number of rotatable bonds is 3. The summed E-state index contributed by atoms with van der Waals surface area (Å²) in [6.45, 7) is 6.86. The highest BCUT2D eigenvalue weighted by Crippen LogP contribution is 2.36. The van der Waals surface area contributed by atoms with Crippen molar-refractivity contribution in [2.24, 2.45) is 17.8 Å². The molecule has 3 heteroatoms. The molecule has 0 radical (unpaired) electrons. The van der Waals surface area contributed by atoms with Crippen LogP contribution in [-0.4, -0.2) is 6.04 Å². The molecule has 2 rings (SSSR count). The summed E-state index contributed by atoms with van der Waals surface area (Å²) in [5.41, 5.74) is 0.854. The molecule has 0 saturated heterocycles. The van der Waals surface area contributed by atoms with E-state index in [1.807, 2.05) is 0 Å². The van der Waals surface area contributed by atoms with Crippen LogP contribution in [0.4, 0.5) is 10.1 Å². The Balaban J connectivity index is 2.14. The van der Waals surface area contributed by atoms with E-state index in [0.29, 0.717) is 22.9 Å². The summed E-state index contributed by atoms with van der Waals surface area (Å²) in [6, 6.07) is 5.02. The Morgan fingerprint density at radius 1 is 1.32 bits per heavy atom. The predicted octanol–water partition coefficient (Wildman–Crippen LogP) is 5.35. The molecule has 3 unspecified atom stereocenters. The van der Waals surface area contributed by atoms with Crippen LogP contribution in [0.3, 0.4) is 0 Å². The summed E-state index contributed by atoms with van der Waals surface area (Å²) in [5.74, 6) is 1.78. The Bertz CT molecular complexity index is 433. The Morgan fingerprint density at radius 2 is 2.05 bits per heavy atom. The van der Waals surface area contributed by atoms with Gasteiger partial charge in [0.15, 0.2) is 0 Å². The lowest BCUT2D eigenvalue weighted by Crippen LogP contribution is -2.37. The minimum atomic E-state index is -0.284. The van der Waals surface area contributed by atoms with Crippen molar-refractivity contribution in [2.45, 2.75) is 46.1 Å². The van der Waals surface area contributed by atoms with Crippen molar-refractivity contribution in [1.29, 1.82) is 0 Å². The summed E-state index contributed by atoms with van der Waals surface area (Å²) >= 11 is 6.11. The van der Waals surface area contributed by atoms with Crippen LogP contribution in [0.1, 0.15) is 40.0 Å². The summed E-state index contributed by atoms with van der Waals surface area (Å²) in [5, 5.41) is 4.01. The second kappa shape index (κ2) is 6.13. The number of hydrogen-bond acceptors (Lipinski definition) is 1. The van der Waals surface area contributed by atoms with E-state index < -0.39 is 0 Å². The SMILES string of the molecule is CC1CCC(C(C)C)C(Nc2ccc(F)cc2Cl)C1. The molecule has 1 aromatic carbocycles. The topological polar surface area (TPSA) is 12.0 Å². The molecule has 0 aliphatic heterocycles. The van der Waals surface area contributed by atoms with Gasteiger partial charge in [-0.3, -0.25) is 0 Å². The third kappa shape index (κ3) is 3.62. The van der Waals surface area contributed by atoms with Crippen LogP contribution in [0.2, 0.25) is 5.02 Å². The normalized spacial score (nSPS) is 27.6. The maximum atomic E-state index is 13.1. The maximum Gasteiger partial charge on any atom is 0.124 e. The average Bonchev–Trinajstić information content (AvgIpc) is 2.32. The summed E-state index contributed by atoms with van der Waals surface area (Å²) < 4.78 is 13.1. The van der Waals surface area contributed by atoms with Crippen molar-refractivity contribution in [1.82, 2.24) is 0 Å². The van der Waals surface area contributed by atoms with Crippen LogP contribution >= 0.6 is 11.6 Å². The lowest BCUT2D eigenvalue weighted by atomic mass is 9.74. The van der Waals surface area contributed by atoms with Crippen LogP contribution in [0.15, 0.2) is 18.2 Å². The molecule has 3 atom stereocenters. The van der Waals surface area contributed by atoms with E-state index in [9.17, 15) is 4.39 Å². The Hall–Kier alpha value is -0.760. The van der Waals surface area contributed by atoms with Gasteiger partial charge in [0, 0.05) is 6.04 Å². The first-order chi connectivity index (χ1) is 8.97. The highest BCUT2D eigenvalue weighted by atomic mass is 35.5. The molecule has 19 heavy (non-hydrogen) atoms. The molecule has 0 spiro atoms. The zero-order chi connectivity index (χ0) is 14.0. The molecule has 1 nitrogen and oxygen atoms in total. The standard InChI is InChI=1S/C16H23ClFN/c1-10(2)13-6-4-11(3)8-16(13)19-15-7-5-12(18)9-14(15)17/h5,7,9-11,13,16,19H,4,6,8H2,1-3H3. The van der Waals surface area contributed by atoms with Crippen molar-refractivity contribution < 1.29 is 4.39 Å². The number of hydrogen-bond donors (Lipinski definition) is 1. The molecule has 1 aromatic rings. The second-order valence-electron chi connectivity index (χ2n) is 6.20. The molecular weight excluding hydrogens is 261 g/mol. The largest absolute Gasteiger partial charge is 0.381 e. The molecule has 1 N–H and O–H groups in total. The van der Waals surface area contributed by atoms with Gasteiger partial charge in [0.05, 0.1) is 10.7 Å². The van der Waals surface area contributed by atoms with Gasteiger partial charge in [0.25, 0.3) is 0 Å². The van der Waals surface area contributed by atoms with Gasteiger partial charge in [-0.1, -0.05) is 38.8 Å². The summed E-state index contributed by atoms with van der Waals surface area (Å²) in [4.78, 5) is 0. The fraction of sp³-hybridized carbons (Fsp3) is 0.625. The molecule has 0 aromatic heterocycles. The molecule has 106 valence electrons. The van der Waals surface area contributed by atoms with Crippen molar-refractivity contribution >= 4 is 17.3 Å². The molecule has 1 aliphatic carbocycles. The van der Waals surface area contributed by atoms with Crippen LogP contribution in [0, 0.1) is 23.6 Å². The average molecular weight is 284 g/mol. The van der Waals surface area contributed by atoms with E-state index in [1.54, 1.807) is 6.07 Å². The summed E-state index contributed by atoms with van der Waals surface area (Å²) in [7, 11) is 0. The minimum absolute atomic E-state index is 0.284. The van der Waals surface area contributed by atoms with Crippen LogP contribution in [-0.2, 0) is 0 Å². The van der Waals surface area contributed by atoms with E-state index in [4.69, 9.17) is 11.6 Å². The quantitative estimate of drug-likeness (QED) is 0.788. The van der Waals surface area contributed by atoms with Crippen molar-refractivity contribution in [3.05, 3.63) is 29.0 Å². The Kier molecular flexibility index (Phi) is 4.72. The van der Waals surface area contributed by atoms with E-state index >= 15 is 0 Å². The smallest absolute Gasteiger partial charge is 0.124 e. The summed E-state index contributed by atoms with van der Waals surface area (Å²) in [6.07, 6.45) is 3.73. The van der Waals surface area contributed by atoms with Gasteiger partial charge < -0.3 is 5.32 Å². The number of anilines is 1. The van der Waals surface area contributed by atoms with Gasteiger partial charge in [-0.05, 0) is 48.8 Å². The highest BCUT2D eigenvalue weighted by Gasteiger charge is 2.30. The molecule has 0 amide bonds. The Labute approximate surface area is 120 Å². The van der Waals surface area contributed by atoms with Gasteiger partial charge in [-0.15, -0.1) is 0 Å². The minimum Gasteiger partial charge on any atom is -0.381 e. The van der Waals surface area contributed by atoms with Gasteiger partial charge in [0.1, 0.15) is 5.82 Å². The monoisotopic (exact) mass is 283 g/mol. The first-order valence-corrected chi connectivity index (χ1v) is 7.56. The van der Waals surface area contributed by atoms with E-state index in [-0.39, 0.29) is 5.82 Å². The lowest BCUT2D eigenvalue weighted by Gasteiger charge is -2.38. The van der Waals surface area contributed by atoms with Crippen LogP contribution < -0.4 is 5.32 Å². The molecule has 0 heterocycles. The van der Waals surface area contributed by atoms with Gasteiger partial charge in [-0.25, -0.2) is 4.39 Å². The maximum absolute atomic E-state index is 13.1. The molecule has 1 aliphatic rings. The van der Waals surface area contributed by atoms with Gasteiger partial charge in [-0.2, -0.15) is 0 Å². The van der Waals surface area contributed by atoms with E-state index in [0.717, 1.165) is 18.0 Å². The van der Waals surface area contributed by atoms with Crippen LogP contribution in [0.5, 0.6) is 0 Å². The third-order valence-corrected chi connectivity index (χ3v) is 4.61. The zero-order valence-electron chi connectivity index (χ0n) is 11.9. The van der Waals surface area contributed by atoms with E-state index in [2.05, 4.69) is 26.1 Å². The van der Waals surface area contributed by atoms with E-state index in [1.165, 1.54) is 25.0 Å². The first-order valence-electron chi connectivity index (χ1n) is 7.19. The molecule has 1 saturated carbocycles. The van der Waals surface area contributed by atoms with Crippen molar-refractivity contribution in [3.63, 3.8) is 0 Å². The number of nitrogens with one attached hydrogen (secondary N) is 1. The van der Waals surface area contributed by atoms with Crippen LogP contribution in [0.25, 0.3) is 0 Å². The van der Waals surface area contributed by atoms with Crippen molar-refractivity contribution in [3.8, 4) is 0 Å². The number of halogens is 2. The first kappa shape index (κ1) is 14.6. The van der Waals surface area contributed by atoms with Crippen molar-refractivity contribution in [2.75, 3.05) is 5.32 Å². The molecule has 1 fully saturated rings. The zero-order valence-corrected chi connectivity index (χ0v) is 12.7. The predicted molar refractivity (Wildman–Crippen MR) is 80.2 cm³/mol. The molecular formula is C16H23ClFN. The fourth-order valence-corrected chi connectivity index (χ4v) is 3.40. The molecule has 0 bridgehead atoms. The Morgan fingerprint density at radius 3 is 2.68 bits per heavy atom. The van der Waals surface area contributed by atoms with Gasteiger partial charge in [0.2, 0.25) is 0 Å². The number of benzene rings is 1. The van der Waals surface area contributed by atoms with Gasteiger partial charge >= 0.3 is 0 Å². The third-order valence-electron chi connectivity index (χ3n) is 4.29. The fourth-order valence-electron chi connectivity index (χ4n) is 3.17. The highest BCUT2D eigenvalue weighted by molar-refractivity contribution is 6.33. The lowest BCUT2D eigenvalue weighted by molar-refractivity contribution is 0.212.